The molecule has 5 heteroatoms. The van der Waals surface area contributed by atoms with E-state index < -0.39 is 0 Å². The lowest BCUT2D eigenvalue weighted by Gasteiger charge is -2.13. The first-order valence-electron chi connectivity index (χ1n) is 8.36. The van der Waals surface area contributed by atoms with Gasteiger partial charge in [0.25, 0.3) is 0 Å². The summed E-state index contributed by atoms with van der Waals surface area (Å²) in [6.45, 7) is 4.39. The van der Waals surface area contributed by atoms with Gasteiger partial charge in [0, 0.05) is 6.20 Å². The van der Waals surface area contributed by atoms with Gasteiger partial charge in [-0.05, 0) is 60.6 Å². The summed E-state index contributed by atoms with van der Waals surface area (Å²) in [7, 11) is 0. The maximum atomic E-state index is 12.4. The van der Waals surface area contributed by atoms with Gasteiger partial charge in [-0.25, -0.2) is 14.8 Å². The number of benzene rings is 1. The largest absolute Gasteiger partial charge is 0.456 e. The number of rotatable bonds is 3. The molecule has 2 heterocycles. The van der Waals surface area contributed by atoms with E-state index in [1.165, 1.54) is 17.5 Å². The summed E-state index contributed by atoms with van der Waals surface area (Å²) < 4.78 is 5.47. The van der Waals surface area contributed by atoms with E-state index in [1.54, 1.807) is 0 Å². The third-order valence-corrected chi connectivity index (χ3v) is 4.75. The van der Waals surface area contributed by atoms with Crippen molar-refractivity contribution in [2.24, 2.45) is 0 Å². The van der Waals surface area contributed by atoms with Gasteiger partial charge in [0.15, 0.2) is 0 Å². The fourth-order valence-corrected chi connectivity index (χ4v) is 3.17. The Labute approximate surface area is 146 Å². The first-order valence-corrected chi connectivity index (χ1v) is 8.36. The maximum absolute atomic E-state index is 12.4. The van der Waals surface area contributed by atoms with Crippen molar-refractivity contribution in [3.63, 3.8) is 0 Å². The number of carbonyl (C=O) groups is 1. The van der Waals surface area contributed by atoms with Gasteiger partial charge < -0.3 is 9.72 Å². The minimum absolute atomic E-state index is 0.266. The van der Waals surface area contributed by atoms with E-state index in [9.17, 15) is 4.79 Å². The number of aryl methyl sites for hydroxylation is 4. The number of hydrogen-bond donors (Lipinski definition) is 1. The molecule has 1 aliphatic rings. The number of nitrogens with one attached hydrogen (secondary N) is 1. The molecule has 1 aromatic carbocycles. The predicted molar refractivity (Wildman–Crippen MR) is 94.3 cm³/mol. The van der Waals surface area contributed by atoms with Gasteiger partial charge in [0.1, 0.15) is 18.6 Å². The monoisotopic (exact) mass is 333 g/mol. The van der Waals surface area contributed by atoms with E-state index in [0.717, 1.165) is 40.9 Å². The van der Waals surface area contributed by atoms with E-state index in [-0.39, 0.29) is 12.6 Å². The van der Waals surface area contributed by atoms with Crippen LogP contribution in [0.25, 0.3) is 11.4 Å². The van der Waals surface area contributed by atoms with Crippen molar-refractivity contribution >= 4 is 5.97 Å². The van der Waals surface area contributed by atoms with E-state index in [1.807, 2.05) is 24.4 Å². The maximum Gasteiger partial charge on any atom is 0.355 e. The number of aromatic amines is 1. The molecule has 0 saturated heterocycles. The van der Waals surface area contributed by atoms with Crippen molar-refractivity contribution < 1.29 is 9.53 Å². The highest BCUT2D eigenvalue weighted by Crippen LogP contribution is 2.31. The van der Waals surface area contributed by atoms with Gasteiger partial charge in [-0.1, -0.05) is 18.2 Å². The highest BCUT2D eigenvalue weighted by atomic mass is 16.5. The lowest BCUT2D eigenvalue weighted by molar-refractivity contribution is 0.0466. The first kappa shape index (κ1) is 15.6. The average Bonchev–Trinajstić information content (AvgIpc) is 3.07. The molecule has 0 spiro atoms. The summed E-state index contributed by atoms with van der Waals surface area (Å²) in [5.74, 6) is -0.344. The Hall–Kier alpha value is -2.95. The van der Waals surface area contributed by atoms with E-state index >= 15 is 0 Å². The number of H-pyrrole nitrogens is 1. The van der Waals surface area contributed by atoms with E-state index in [4.69, 9.17) is 4.74 Å². The Morgan fingerprint density at radius 3 is 2.84 bits per heavy atom. The fraction of sp³-hybridized carbons (Fsp3) is 0.250. The van der Waals surface area contributed by atoms with Gasteiger partial charge in [-0.2, -0.15) is 0 Å². The number of nitrogens with zero attached hydrogens (tertiary/aromatic N) is 2. The van der Waals surface area contributed by atoms with Crippen molar-refractivity contribution in [3.8, 4) is 11.4 Å². The summed E-state index contributed by atoms with van der Waals surface area (Å²) in [5.41, 5.74) is 7.88. The zero-order chi connectivity index (χ0) is 17.4. The zero-order valence-corrected chi connectivity index (χ0v) is 14.3. The summed E-state index contributed by atoms with van der Waals surface area (Å²) in [6, 6.07) is 7.96. The minimum atomic E-state index is -0.344. The third-order valence-electron chi connectivity index (χ3n) is 4.75. The van der Waals surface area contributed by atoms with Gasteiger partial charge in [-0.15, -0.1) is 0 Å². The molecule has 0 amide bonds. The topological polar surface area (TPSA) is 67.9 Å². The molecule has 1 N–H and O–H groups in total. The molecule has 5 nitrogen and oxygen atoms in total. The summed E-state index contributed by atoms with van der Waals surface area (Å²) in [5, 5.41) is 0. The number of fused-ring (bicyclic) bond motifs is 3. The Kier molecular flexibility index (Phi) is 3.84. The SMILES string of the molecule is Cc1ccc(COC(=O)c2cc3c([nH]2)-c2ncncc2CC3)cc1C. The van der Waals surface area contributed by atoms with Gasteiger partial charge in [0.05, 0.1) is 11.4 Å². The smallest absolute Gasteiger partial charge is 0.355 e. The molecule has 1 aliphatic carbocycles. The average molecular weight is 333 g/mol. The van der Waals surface area contributed by atoms with Crippen molar-refractivity contribution in [3.05, 3.63) is 70.3 Å². The Morgan fingerprint density at radius 2 is 2.00 bits per heavy atom. The van der Waals surface area contributed by atoms with Crippen LogP contribution in [0.15, 0.2) is 36.8 Å². The molecular weight excluding hydrogens is 314 g/mol. The van der Waals surface area contributed by atoms with Crippen molar-refractivity contribution in [1.82, 2.24) is 15.0 Å². The van der Waals surface area contributed by atoms with Gasteiger partial charge in [0.2, 0.25) is 0 Å². The minimum Gasteiger partial charge on any atom is -0.456 e. The molecule has 0 atom stereocenters. The molecule has 126 valence electrons. The Morgan fingerprint density at radius 1 is 1.16 bits per heavy atom. The number of esters is 1. The Bertz CT molecular complexity index is 959. The van der Waals surface area contributed by atoms with Crippen molar-refractivity contribution in [1.29, 1.82) is 0 Å². The first-order chi connectivity index (χ1) is 12.1. The molecule has 0 unspecified atom stereocenters. The highest BCUT2D eigenvalue weighted by Gasteiger charge is 2.22. The number of carbonyl (C=O) groups excluding carboxylic acids is 1. The fourth-order valence-electron chi connectivity index (χ4n) is 3.17. The molecule has 3 aromatic rings. The quantitative estimate of drug-likeness (QED) is 0.744. The van der Waals surface area contributed by atoms with Gasteiger partial charge in [-0.3, -0.25) is 0 Å². The van der Waals surface area contributed by atoms with Crippen LogP contribution in [-0.4, -0.2) is 20.9 Å². The summed E-state index contributed by atoms with van der Waals surface area (Å²) in [4.78, 5) is 24.0. The van der Waals surface area contributed by atoms with Crippen LogP contribution in [0.1, 0.15) is 38.3 Å². The molecule has 0 radical (unpaired) electrons. The number of hydrogen-bond acceptors (Lipinski definition) is 4. The molecular formula is C20H19N3O2. The van der Waals surface area contributed by atoms with Crippen LogP contribution >= 0.6 is 0 Å². The zero-order valence-electron chi connectivity index (χ0n) is 14.3. The van der Waals surface area contributed by atoms with Crippen molar-refractivity contribution in [2.45, 2.75) is 33.3 Å². The second kappa shape index (κ2) is 6.16. The second-order valence-electron chi connectivity index (χ2n) is 6.47. The molecule has 0 fully saturated rings. The lowest BCUT2D eigenvalue weighted by Crippen LogP contribution is -2.06. The van der Waals surface area contributed by atoms with Crippen LogP contribution in [-0.2, 0) is 24.2 Å². The highest BCUT2D eigenvalue weighted by molar-refractivity contribution is 5.89. The third kappa shape index (κ3) is 2.93. The second-order valence-corrected chi connectivity index (χ2v) is 6.47. The number of ether oxygens (including phenoxy) is 1. The van der Waals surface area contributed by atoms with Crippen molar-refractivity contribution in [2.75, 3.05) is 0 Å². The van der Waals surface area contributed by atoms with Crippen LogP contribution in [0, 0.1) is 13.8 Å². The number of aromatic nitrogens is 3. The summed E-state index contributed by atoms with van der Waals surface area (Å²) in [6.07, 6.45) is 5.13. The molecule has 0 saturated carbocycles. The standard InChI is InChI=1S/C20H19N3O2/c1-12-3-4-14(7-13(12)2)10-25-20(24)17-8-15-5-6-16-9-21-11-22-18(16)19(15)23-17/h3-4,7-9,11,23H,5-6,10H2,1-2H3. The Balaban J connectivity index is 1.52. The summed E-state index contributed by atoms with van der Waals surface area (Å²) >= 11 is 0. The molecule has 0 aliphatic heterocycles. The lowest BCUT2D eigenvalue weighted by atomic mass is 9.95. The predicted octanol–water partition coefficient (Wildman–Crippen LogP) is 3.54. The molecule has 25 heavy (non-hydrogen) atoms. The molecule has 0 bridgehead atoms. The van der Waals surface area contributed by atoms with Crippen LogP contribution in [0.3, 0.4) is 0 Å². The van der Waals surface area contributed by atoms with Crippen LogP contribution in [0.5, 0.6) is 0 Å². The molecule has 2 aromatic heterocycles. The molecule has 4 rings (SSSR count). The van der Waals surface area contributed by atoms with Gasteiger partial charge >= 0.3 is 5.97 Å². The normalized spacial score (nSPS) is 12.4. The van der Waals surface area contributed by atoms with E-state index in [2.05, 4.69) is 34.9 Å². The van der Waals surface area contributed by atoms with E-state index in [0.29, 0.717) is 5.69 Å². The van der Waals surface area contributed by atoms with Crippen LogP contribution in [0.4, 0.5) is 0 Å². The van der Waals surface area contributed by atoms with Crippen LogP contribution < -0.4 is 0 Å². The van der Waals surface area contributed by atoms with Crippen LogP contribution in [0.2, 0.25) is 0 Å².